The minimum atomic E-state index is -0.943. The van der Waals surface area contributed by atoms with Gasteiger partial charge >= 0.3 is 11.9 Å². The van der Waals surface area contributed by atoms with Crippen LogP contribution in [0.3, 0.4) is 0 Å². The number of ether oxygens (including phenoxy) is 1. The van der Waals surface area contributed by atoms with Crippen molar-refractivity contribution in [3.63, 3.8) is 0 Å². The Morgan fingerprint density at radius 3 is 2.48 bits per heavy atom. The Bertz CT molecular complexity index is 545. The van der Waals surface area contributed by atoms with Gasteiger partial charge in [0.2, 0.25) is 0 Å². The lowest BCUT2D eigenvalue weighted by molar-refractivity contribution is -0.157. The van der Waals surface area contributed by atoms with Crippen molar-refractivity contribution in [3.8, 4) is 0 Å². The number of aliphatic carboxylic acids is 1. The van der Waals surface area contributed by atoms with Crippen molar-refractivity contribution < 1.29 is 19.4 Å². The lowest BCUT2D eigenvalue weighted by atomic mass is 9.83. The largest absolute Gasteiger partial charge is 0.481 e. The van der Waals surface area contributed by atoms with Crippen LogP contribution in [0.1, 0.15) is 18.4 Å². The summed E-state index contributed by atoms with van der Waals surface area (Å²) in [6, 6.07) is 9.68. The summed E-state index contributed by atoms with van der Waals surface area (Å²) in [6.45, 7) is 0.153. The van der Waals surface area contributed by atoms with E-state index in [2.05, 4.69) is 0 Å². The maximum absolute atomic E-state index is 12.0. The minimum Gasteiger partial charge on any atom is -0.481 e. The molecule has 1 aliphatic rings. The first-order chi connectivity index (χ1) is 10.2. The van der Waals surface area contributed by atoms with Gasteiger partial charge in [-0.15, -0.1) is 0 Å². The van der Waals surface area contributed by atoms with Crippen molar-refractivity contribution in [2.45, 2.75) is 12.8 Å². The van der Waals surface area contributed by atoms with Gasteiger partial charge in [0.15, 0.2) is 0 Å². The smallest absolute Gasteiger partial charge is 0.310 e. The molecule has 0 heterocycles. The second kappa shape index (κ2) is 7.43. The van der Waals surface area contributed by atoms with E-state index < -0.39 is 23.8 Å². The number of esters is 1. The van der Waals surface area contributed by atoms with Crippen LogP contribution < -0.4 is 0 Å². The van der Waals surface area contributed by atoms with Gasteiger partial charge < -0.3 is 9.84 Å². The number of hydrogen-bond acceptors (Lipinski definition) is 3. The van der Waals surface area contributed by atoms with E-state index in [1.807, 2.05) is 42.5 Å². The minimum absolute atomic E-state index is 0.153. The van der Waals surface area contributed by atoms with Gasteiger partial charge in [0.1, 0.15) is 6.61 Å². The van der Waals surface area contributed by atoms with E-state index in [0.717, 1.165) is 5.56 Å². The highest BCUT2D eigenvalue weighted by Crippen LogP contribution is 2.26. The Morgan fingerprint density at radius 2 is 1.81 bits per heavy atom. The first-order valence-corrected chi connectivity index (χ1v) is 6.94. The van der Waals surface area contributed by atoms with Gasteiger partial charge in [0.05, 0.1) is 11.8 Å². The molecule has 4 heteroatoms. The molecule has 21 heavy (non-hydrogen) atoms. The van der Waals surface area contributed by atoms with Crippen LogP contribution >= 0.6 is 0 Å². The zero-order valence-electron chi connectivity index (χ0n) is 11.6. The number of carboxylic acid groups (broad SMARTS) is 1. The fourth-order valence-corrected chi connectivity index (χ4v) is 2.33. The number of carbonyl (C=O) groups excluding carboxylic acids is 1. The van der Waals surface area contributed by atoms with E-state index in [1.165, 1.54) is 0 Å². The van der Waals surface area contributed by atoms with Crippen molar-refractivity contribution >= 4 is 18.0 Å². The molecular formula is C17H18O4. The summed E-state index contributed by atoms with van der Waals surface area (Å²) in [6.07, 6.45) is 8.07. The van der Waals surface area contributed by atoms with Gasteiger partial charge in [-0.25, -0.2) is 0 Å². The topological polar surface area (TPSA) is 63.6 Å². The number of hydrogen-bond donors (Lipinski definition) is 1. The predicted molar refractivity (Wildman–Crippen MR) is 79.4 cm³/mol. The van der Waals surface area contributed by atoms with Crippen LogP contribution in [-0.2, 0) is 14.3 Å². The van der Waals surface area contributed by atoms with Crippen molar-refractivity contribution in [2.24, 2.45) is 11.8 Å². The van der Waals surface area contributed by atoms with Gasteiger partial charge in [-0.05, 0) is 24.5 Å². The first-order valence-electron chi connectivity index (χ1n) is 6.94. The highest BCUT2D eigenvalue weighted by atomic mass is 16.5. The maximum atomic E-state index is 12.0. The van der Waals surface area contributed by atoms with Gasteiger partial charge in [-0.3, -0.25) is 9.59 Å². The standard InChI is InChI=1S/C17H18O4/c18-16(19)14-10-4-5-11-15(14)17(20)21-12-6-9-13-7-2-1-3-8-13/h1-9,14-15H,10-12H2,(H,18,19). The average molecular weight is 286 g/mol. The number of allylic oxidation sites excluding steroid dienone is 2. The van der Waals surface area contributed by atoms with Crippen LogP contribution in [0.5, 0.6) is 0 Å². The Balaban J connectivity index is 1.85. The van der Waals surface area contributed by atoms with Gasteiger partial charge in [0.25, 0.3) is 0 Å². The Kier molecular flexibility index (Phi) is 5.32. The van der Waals surface area contributed by atoms with Crippen LogP contribution in [0, 0.1) is 11.8 Å². The number of carbonyl (C=O) groups is 2. The fourth-order valence-electron chi connectivity index (χ4n) is 2.33. The molecule has 0 aromatic heterocycles. The number of rotatable bonds is 5. The molecule has 1 N–H and O–H groups in total. The summed E-state index contributed by atoms with van der Waals surface area (Å²) in [7, 11) is 0. The fraction of sp³-hybridized carbons (Fsp3) is 0.294. The van der Waals surface area contributed by atoms with Crippen molar-refractivity contribution in [2.75, 3.05) is 6.61 Å². The van der Waals surface area contributed by atoms with E-state index >= 15 is 0 Å². The van der Waals surface area contributed by atoms with Crippen LogP contribution in [0.2, 0.25) is 0 Å². The SMILES string of the molecule is O=C(O)C1CC=CCC1C(=O)OCC=Cc1ccccc1. The highest BCUT2D eigenvalue weighted by Gasteiger charge is 2.34. The molecule has 1 aliphatic carbocycles. The van der Waals surface area contributed by atoms with Crippen molar-refractivity contribution in [3.05, 3.63) is 54.1 Å². The molecule has 0 fully saturated rings. The lowest BCUT2D eigenvalue weighted by Crippen LogP contribution is -2.32. The van der Waals surface area contributed by atoms with E-state index in [-0.39, 0.29) is 6.61 Å². The molecule has 4 nitrogen and oxygen atoms in total. The molecule has 2 unspecified atom stereocenters. The first kappa shape index (κ1) is 15.0. The number of benzene rings is 1. The van der Waals surface area contributed by atoms with Crippen LogP contribution in [-0.4, -0.2) is 23.7 Å². The summed E-state index contributed by atoms with van der Waals surface area (Å²) < 4.78 is 5.16. The average Bonchev–Trinajstić information content (AvgIpc) is 2.52. The van der Waals surface area contributed by atoms with E-state index in [9.17, 15) is 9.59 Å². The van der Waals surface area contributed by atoms with Gasteiger partial charge in [-0.1, -0.05) is 48.6 Å². The van der Waals surface area contributed by atoms with Crippen LogP contribution in [0.15, 0.2) is 48.6 Å². The molecule has 0 saturated carbocycles. The van der Waals surface area contributed by atoms with Crippen molar-refractivity contribution in [1.29, 1.82) is 0 Å². The molecule has 0 aliphatic heterocycles. The van der Waals surface area contributed by atoms with E-state index in [1.54, 1.807) is 12.2 Å². The zero-order valence-corrected chi connectivity index (χ0v) is 11.6. The van der Waals surface area contributed by atoms with Gasteiger partial charge in [0, 0.05) is 0 Å². The summed E-state index contributed by atoms with van der Waals surface area (Å²) in [5.74, 6) is -2.65. The molecule has 0 radical (unpaired) electrons. The summed E-state index contributed by atoms with van der Waals surface area (Å²) in [5, 5.41) is 9.12. The molecule has 0 bridgehead atoms. The molecule has 1 aromatic rings. The second-order valence-corrected chi connectivity index (χ2v) is 4.94. The molecule has 1 aromatic carbocycles. The Morgan fingerprint density at radius 1 is 1.14 bits per heavy atom. The predicted octanol–water partition coefficient (Wildman–Crippen LogP) is 2.91. The summed E-state index contributed by atoms with van der Waals surface area (Å²) in [4.78, 5) is 23.1. The van der Waals surface area contributed by atoms with Crippen molar-refractivity contribution in [1.82, 2.24) is 0 Å². The zero-order chi connectivity index (χ0) is 15.1. The molecule has 0 amide bonds. The molecule has 0 saturated heterocycles. The number of carboxylic acids is 1. The second-order valence-electron chi connectivity index (χ2n) is 4.94. The maximum Gasteiger partial charge on any atom is 0.310 e. The Labute approximate surface area is 123 Å². The van der Waals surface area contributed by atoms with E-state index in [4.69, 9.17) is 9.84 Å². The Hall–Kier alpha value is -2.36. The summed E-state index contributed by atoms with van der Waals surface area (Å²) in [5.41, 5.74) is 1.03. The quantitative estimate of drug-likeness (QED) is 0.667. The third-order valence-electron chi connectivity index (χ3n) is 3.48. The molecular weight excluding hydrogens is 268 g/mol. The highest BCUT2D eigenvalue weighted by molar-refractivity contribution is 5.81. The molecule has 0 spiro atoms. The van der Waals surface area contributed by atoms with Crippen LogP contribution in [0.4, 0.5) is 0 Å². The van der Waals surface area contributed by atoms with Crippen LogP contribution in [0.25, 0.3) is 6.08 Å². The lowest BCUT2D eigenvalue weighted by Gasteiger charge is -2.23. The molecule has 110 valence electrons. The van der Waals surface area contributed by atoms with E-state index in [0.29, 0.717) is 12.8 Å². The molecule has 2 atom stereocenters. The molecule has 2 rings (SSSR count). The summed E-state index contributed by atoms with van der Waals surface area (Å²) >= 11 is 0. The third-order valence-corrected chi connectivity index (χ3v) is 3.48. The van der Waals surface area contributed by atoms with Gasteiger partial charge in [-0.2, -0.15) is 0 Å². The third kappa shape index (κ3) is 4.31. The normalized spacial score (nSPS) is 21.3. The monoisotopic (exact) mass is 286 g/mol.